The van der Waals surface area contributed by atoms with Crippen LogP contribution >= 0.6 is 0 Å². The summed E-state index contributed by atoms with van der Waals surface area (Å²) in [5.41, 5.74) is 5.10. The van der Waals surface area contributed by atoms with Crippen LogP contribution in [0.3, 0.4) is 0 Å². The highest BCUT2D eigenvalue weighted by Crippen LogP contribution is 2.09. The molecule has 0 atom stereocenters. The van der Waals surface area contributed by atoms with Crippen molar-refractivity contribution in [2.45, 2.75) is 89.9 Å². The monoisotopic (exact) mass is 297 g/mol. The van der Waals surface area contributed by atoms with E-state index >= 15 is 0 Å². The summed E-state index contributed by atoms with van der Waals surface area (Å²) < 4.78 is 0. The van der Waals surface area contributed by atoms with Crippen molar-refractivity contribution >= 4 is 5.91 Å². The van der Waals surface area contributed by atoms with E-state index in [1.807, 2.05) is 0 Å². The number of rotatable bonds is 16. The van der Waals surface area contributed by atoms with Crippen LogP contribution in [-0.2, 0) is 4.79 Å². The Morgan fingerprint density at radius 1 is 0.714 bits per heavy atom. The standard InChI is InChI=1S/C18H35NO2/c19-18(21)16-14-12-10-8-6-4-2-1-3-5-7-9-11-13-15-17-20/h1-2,20H,3-17H2,(H2,19,21). The largest absolute Gasteiger partial charge is 0.396 e. The molecule has 0 heterocycles. The average molecular weight is 297 g/mol. The zero-order valence-electron chi connectivity index (χ0n) is 13.7. The van der Waals surface area contributed by atoms with Gasteiger partial charge in [-0.3, -0.25) is 4.79 Å². The number of carbonyl (C=O) groups excluding carboxylic acids is 1. The highest BCUT2D eigenvalue weighted by Gasteiger charge is 1.94. The van der Waals surface area contributed by atoms with Gasteiger partial charge in [-0.1, -0.05) is 57.1 Å². The molecule has 124 valence electrons. The summed E-state index contributed by atoms with van der Waals surface area (Å²) in [6.45, 7) is 0.341. The third-order valence-corrected chi connectivity index (χ3v) is 3.74. The molecule has 0 saturated carbocycles. The number of nitrogens with two attached hydrogens (primary N) is 1. The van der Waals surface area contributed by atoms with Gasteiger partial charge in [0.05, 0.1) is 0 Å². The second-order valence-corrected chi connectivity index (χ2v) is 5.88. The Balaban J connectivity index is 3.07. The van der Waals surface area contributed by atoms with Crippen LogP contribution in [0.25, 0.3) is 0 Å². The number of unbranched alkanes of at least 4 members (excludes halogenated alkanes) is 11. The first kappa shape index (κ1) is 20.2. The molecule has 0 aromatic rings. The van der Waals surface area contributed by atoms with Crippen molar-refractivity contribution in [1.29, 1.82) is 0 Å². The van der Waals surface area contributed by atoms with Crippen molar-refractivity contribution in [1.82, 2.24) is 0 Å². The summed E-state index contributed by atoms with van der Waals surface area (Å²) in [4.78, 5) is 10.6. The lowest BCUT2D eigenvalue weighted by Crippen LogP contribution is -2.09. The van der Waals surface area contributed by atoms with Gasteiger partial charge in [-0.25, -0.2) is 0 Å². The van der Waals surface area contributed by atoms with Crippen molar-refractivity contribution in [2.24, 2.45) is 5.73 Å². The molecule has 0 aliphatic heterocycles. The summed E-state index contributed by atoms with van der Waals surface area (Å²) in [6.07, 6.45) is 20.7. The minimum atomic E-state index is -0.175. The van der Waals surface area contributed by atoms with Crippen molar-refractivity contribution in [2.75, 3.05) is 6.61 Å². The fourth-order valence-corrected chi connectivity index (χ4v) is 2.41. The molecule has 0 saturated heterocycles. The molecule has 21 heavy (non-hydrogen) atoms. The number of aliphatic hydroxyl groups excluding tert-OH is 1. The van der Waals surface area contributed by atoms with Gasteiger partial charge >= 0.3 is 0 Å². The smallest absolute Gasteiger partial charge is 0.217 e. The molecule has 0 spiro atoms. The van der Waals surface area contributed by atoms with Gasteiger partial charge in [0.25, 0.3) is 0 Å². The van der Waals surface area contributed by atoms with E-state index in [2.05, 4.69) is 12.2 Å². The second kappa shape index (κ2) is 17.2. The zero-order valence-corrected chi connectivity index (χ0v) is 13.7. The van der Waals surface area contributed by atoms with Gasteiger partial charge in [0.2, 0.25) is 5.91 Å². The number of amides is 1. The van der Waals surface area contributed by atoms with Crippen LogP contribution in [0, 0.1) is 0 Å². The molecule has 3 heteroatoms. The summed E-state index contributed by atoms with van der Waals surface area (Å²) in [5.74, 6) is -0.175. The molecule has 0 aliphatic rings. The quantitative estimate of drug-likeness (QED) is 0.326. The van der Waals surface area contributed by atoms with E-state index in [0.717, 1.165) is 19.3 Å². The average Bonchev–Trinajstić information content (AvgIpc) is 2.46. The fraction of sp³-hybridized carbons (Fsp3) is 0.833. The first-order valence-electron chi connectivity index (χ1n) is 8.81. The van der Waals surface area contributed by atoms with Gasteiger partial charge in [-0.15, -0.1) is 0 Å². The Morgan fingerprint density at radius 3 is 1.62 bits per heavy atom. The van der Waals surface area contributed by atoms with Crippen LogP contribution in [0.2, 0.25) is 0 Å². The third kappa shape index (κ3) is 19.2. The molecule has 3 N–H and O–H groups in total. The van der Waals surface area contributed by atoms with Crippen LogP contribution in [0.4, 0.5) is 0 Å². The molecule has 0 aromatic carbocycles. The second-order valence-electron chi connectivity index (χ2n) is 5.88. The summed E-state index contributed by atoms with van der Waals surface area (Å²) >= 11 is 0. The Kier molecular flexibility index (Phi) is 16.5. The minimum absolute atomic E-state index is 0.175. The number of hydrogen-bond donors (Lipinski definition) is 2. The maximum absolute atomic E-state index is 10.6. The van der Waals surface area contributed by atoms with Gasteiger partial charge < -0.3 is 10.8 Å². The lowest BCUT2D eigenvalue weighted by molar-refractivity contribution is -0.118. The number of carbonyl (C=O) groups is 1. The summed E-state index contributed by atoms with van der Waals surface area (Å²) in [7, 11) is 0. The Bertz CT molecular complexity index is 252. The predicted octanol–water partition coefficient (Wildman–Crippen LogP) is 4.48. The van der Waals surface area contributed by atoms with E-state index in [9.17, 15) is 4.79 Å². The summed E-state index contributed by atoms with van der Waals surface area (Å²) in [6, 6.07) is 0. The van der Waals surface area contributed by atoms with Crippen LogP contribution in [-0.4, -0.2) is 17.6 Å². The highest BCUT2D eigenvalue weighted by atomic mass is 16.2. The number of aliphatic hydroxyl groups is 1. The van der Waals surface area contributed by atoms with Crippen molar-refractivity contribution in [3.05, 3.63) is 12.2 Å². The topological polar surface area (TPSA) is 63.3 Å². The molecule has 0 bridgehead atoms. The lowest BCUT2D eigenvalue weighted by atomic mass is 10.1. The highest BCUT2D eigenvalue weighted by molar-refractivity contribution is 5.73. The van der Waals surface area contributed by atoms with E-state index in [0.29, 0.717) is 13.0 Å². The number of primary amides is 1. The first-order chi connectivity index (χ1) is 10.3. The van der Waals surface area contributed by atoms with E-state index < -0.39 is 0 Å². The number of hydrogen-bond acceptors (Lipinski definition) is 2. The molecule has 0 aromatic heterocycles. The van der Waals surface area contributed by atoms with Gasteiger partial charge in [0.1, 0.15) is 0 Å². The van der Waals surface area contributed by atoms with Gasteiger partial charge in [0, 0.05) is 13.0 Å². The van der Waals surface area contributed by atoms with Crippen LogP contribution in [0.5, 0.6) is 0 Å². The van der Waals surface area contributed by atoms with Crippen molar-refractivity contribution in [3.8, 4) is 0 Å². The van der Waals surface area contributed by atoms with Crippen LogP contribution in [0.1, 0.15) is 89.9 Å². The van der Waals surface area contributed by atoms with Crippen LogP contribution < -0.4 is 5.73 Å². The molecule has 3 nitrogen and oxygen atoms in total. The SMILES string of the molecule is NC(=O)CCCCCCCC=CCCCCCCCCO. The van der Waals surface area contributed by atoms with E-state index in [-0.39, 0.29) is 5.91 Å². The van der Waals surface area contributed by atoms with E-state index in [1.165, 1.54) is 64.2 Å². The Hall–Kier alpha value is -0.830. The zero-order chi connectivity index (χ0) is 15.6. The predicted molar refractivity (Wildman–Crippen MR) is 90.1 cm³/mol. The maximum Gasteiger partial charge on any atom is 0.217 e. The summed E-state index contributed by atoms with van der Waals surface area (Å²) in [5, 5.41) is 8.66. The van der Waals surface area contributed by atoms with Crippen LogP contribution in [0.15, 0.2) is 12.2 Å². The first-order valence-corrected chi connectivity index (χ1v) is 8.81. The maximum atomic E-state index is 10.6. The molecule has 0 radical (unpaired) electrons. The molecular weight excluding hydrogens is 262 g/mol. The Morgan fingerprint density at radius 2 is 1.14 bits per heavy atom. The molecule has 0 aliphatic carbocycles. The van der Waals surface area contributed by atoms with Crippen molar-refractivity contribution < 1.29 is 9.90 Å². The van der Waals surface area contributed by atoms with Crippen molar-refractivity contribution in [3.63, 3.8) is 0 Å². The molecular formula is C18H35NO2. The van der Waals surface area contributed by atoms with Gasteiger partial charge in [0.15, 0.2) is 0 Å². The van der Waals surface area contributed by atoms with Gasteiger partial charge in [-0.05, 0) is 38.5 Å². The normalized spacial score (nSPS) is 11.3. The molecule has 0 fully saturated rings. The Labute approximate surface area is 131 Å². The van der Waals surface area contributed by atoms with E-state index in [4.69, 9.17) is 10.8 Å². The molecule has 0 unspecified atom stereocenters. The number of allylic oxidation sites excluding steroid dienone is 2. The van der Waals surface area contributed by atoms with Gasteiger partial charge in [-0.2, -0.15) is 0 Å². The minimum Gasteiger partial charge on any atom is -0.396 e. The lowest BCUT2D eigenvalue weighted by Gasteiger charge is -1.99. The fourth-order valence-electron chi connectivity index (χ4n) is 2.41. The van der Waals surface area contributed by atoms with E-state index in [1.54, 1.807) is 0 Å². The molecule has 1 amide bonds. The molecule has 0 rings (SSSR count). The third-order valence-electron chi connectivity index (χ3n) is 3.74.